The van der Waals surface area contributed by atoms with Crippen molar-refractivity contribution in [1.29, 1.82) is 0 Å². The van der Waals surface area contributed by atoms with E-state index in [1.807, 2.05) is 0 Å². The predicted octanol–water partition coefficient (Wildman–Crippen LogP) is 2.05. The number of piperazine rings is 1. The number of piperidine rings is 1. The lowest BCUT2D eigenvalue weighted by molar-refractivity contribution is -0.145. The van der Waals surface area contributed by atoms with Gasteiger partial charge in [-0.3, -0.25) is 19.4 Å². The molecule has 1 aromatic rings. The van der Waals surface area contributed by atoms with Crippen LogP contribution in [0.3, 0.4) is 0 Å². The van der Waals surface area contributed by atoms with Crippen molar-refractivity contribution in [3.05, 3.63) is 35.9 Å². The number of hydrogen-bond acceptors (Lipinski definition) is 4. The van der Waals surface area contributed by atoms with Crippen molar-refractivity contribution in [1.82, 2.24) is 14.7 Å². The Morgan fingerprint density at radius 1 is 1.07 bits per heavy atom. The molecule has 1 aromatic carbocycles. The second kappa shape index (κ2) is 9.33. The average molecular weight is 373 g/mol. The van der Waals surface area contributed by atoms with Crippen LogP contribution in [0.1, 0.15) is 38.2 Å². The molecule has 1 N–H and O–H groups in total. The van der Waals surface area contributed by atoms with Gasteiger partial charge in [-0.25, -0.2) is 0 Å². The molecule has 6 nitrogen and oxygen atoms in total. The smallest absolute Gasteiger partial charge is 0.290 e. The fraction of sp³-hybridized carbons (Fsp3) is 0.619. The summed E-state index contributed by atoms with van der Waals surface area (Å²) in [5.41, 5.74) is 1.40. The van der Waals surface area contributed by atoms with Crippen LogP contribution in [0.2, 0.25) is 0 Å². The number of hydrogen-bond donors (Lipinski definition) is 1. The number of fused-ring (bicyclic) bond motifs is 1. The maximum Gasteiger partial charge on any atom is 0.290 e. The minimum absolute atomic E-state index is 0.0741. The quantitative estimate of drug-likeness (QED) is 0.822. The number of rotatable bonds is 3. The van der Waals surface area contributed by atoms with Crippen LogP contribution in [-0.4, -0.2) is 76.5 Å². The van der Waals surface area contributed by atoms with Gasteiger partial charge in [-0.15, -0.1) is 0 Å². The van der Waals surface area contributed by atoms with E-state index in [4.69, 9.17) is 9.90 Å². The Hall–Kier alpha value is -1.92. The minimum atomic E-state index is -0.250. The Labute approximate surface area is 161 Å². The van der Waals surface area contributed by atoms with Crippen molar-refractivity contribution >= 4 is 12.4 Å². The molecular weight excluding hydrogens is 342 g/mol. The van der Waals surface area contributed by atoms with Gasteiger partial charge in [0.25, 0.3) is 6.47 Å². The number of amides is 1. The lowest BCUT2D eigenvalue weighted by Crippen LogP contribution is -2.62. The Bertz CT molecular complexity index is 616. The summed E-state index contributed by atoms with van der Waals surface area (Å²) >= 11 is 0. The zero-order valence-corrected chi connectivity index (χ0v) is 16.2. The number of carbonyl (C=O) groups is 2. The van der Waals surface area contributed by atoms with E-state index in [0.29, 0.717) is 18.0 Å². The standard InChI is InChI=1S/C20H29N3O.CH2O2/c1-16-20(24)22-11-5-8-19(22)15-23(16)18-9-12-21(13-10-18)14-17-6-3-2-4-7-17;2-1-3/h2-4,6-7,16,18-19H,5,8-15H2,1H3;1H,(H,2,3)/t16-,19+;/m1./s1. The highest BCUT2D eigenvalue weighted by Gasteiger charge is 2.42. The van der Waals surface area contributed by atoms with Crippen LogP contribution in [0.4, 0.5) is 0 Å². The first-order valence-electron chi connectivity index (χ1n) is 10.0. The average Bonchev–Trinajstić information content (AvgIpc) is 3.16. The summed E-state index contributed by atoms with van der Waals surface area (Å²) < 4.78 is 0. The van der Waals surface area contributed by atoms with Gasteiger partial charge in [0.2, 0.25) is 5.91 Å². The summed E-state index contributed by atoms with van der Waals surface area (Å²) in [5, 5.41) is 6.89. The summed E-state index contributed by atoms with van der Waals surface area (Å²) in [6.07, 6.45) is 4.77. The molecule has 0 aliphatic carbocycles. The van der Waals surface area contributed by atoms with Crippen LogP contribution in [0.25, 0.3) is 0 Å². The molecule has 0 spiro atoms. The third-order valence-corrected chi connectivity index (χ3v) is 6.21. The van der Waals surface area contributed by atoms with Gasteiger partial charge < -0.3 is 10.0 Å². The highest BCUT2D eigenvalue weighted by Crippen LogP contribution is 2.30. The van der Waals surface area contributed by atoms with E-state index in [0.717, 1.165) is 32.7 Å². The maximum absolute atomic E-state index is 12.6. The fourth-order valence-electron chi connectivity index (χ4n) is 4.81. The van der Waals surface area contributed by atoms with E-state index in [2.05, 4.69) is 52.0 Å². The molecule has 1 amide bonds. The maximum atomic E-state index is 12.6. The van der Waals surface area contributed by atoms with E-state index in [-0.39, 0.29) is 12.5 Å². The normalized spacial score (nSPS) is 27.0. The molecule has 0 saturated carbocycles. The van der Waals surface area contributed by atoms with Gasteiger partial charge in [-0.2, -0.15) is 0 Å². The first kappa shape index (κ1) is 19.8. The molecule has 0 unspecified atom stereocenters. The summed E-state index contributed by atoms with van der Waals surface area (Å²) in [6.45, 7) is 7.29. The molecule has 0 radical (unpaired) electrons. The monoisotopic (exact) mass is 373 g/mol. The Morgan fingerprint density at radius 3 is 2.41 bits per heavy atom. The molecule has 0 aromatic heterocycles. The van der Waals surface area contributed by atoms with Gasteiger partial charge >= 0.3 is 0 Å². The van der Waals surface area contributed by atoms with Gasteiger partial charge in [0.05, 0.1) is 6.04 Å². The number of carbonyl (C=O) groups excluding carboxylic acids is 1. The van der Waals surface area contributed by atoms with Crippen LogP contribution in [0.15, 0.2) is 30.3 Å². The van der Waals surface area contributed by atoms with Gasteiger partial charge in [-0.1, -0.05) is 30.3 Å². The lowest BCUT2D eigenvalue weighted by atomic mass is 9.97. The number of nitrogens with zero attached hydrogens (tertiary/aromatic N) is 3. The summed E-state index contributed by atoms with van der Waals surface area (Å²) in [6, 6.07) is 11.9. The summed E-state index contributed by atoms with van der Waals surface area (Å²) in [4.78, 5) is 28.2. The van der Waals surface area contributed by atoms with E-state index >= 15 is 0 Å². The highest BCUT2D eigenvalue weighted by atomic mass is 16.3. The van der Waals surface area contributed by atoms with Crippen molar-refractivity contribution in [2.45, 2.75) is 57.3 Å². The van der Waals surface area contributed by atoms with Crippen LogP contribution >= 0.6 is 0 Å². The summed E-state index contributed by atoms with van der Waals surface area (Å²) in [7, 11) is 0. The number of carboxylic acid groups (broad SMARTS) is 1. The van der Waals surface area contributed by atoms with Crippen LogP contribution in [0, 0.1) is 0 Å². The van der Waals surface area contributed by atoms with Crippen molar-refractivity contribution in [2.24, 2.45) is 0 Å². The number of benzene rings is 1. The van der Waals surface area contributed by atoms with Crippen molar-refractivity contribution in [3.8, 4) is 0 Å². The van der Waals surface area contributed by atoms with Gasteiger partial charge in [0, 0.05) is 31.7 Å². The van der Waals surface area contributed by atoms with E-state index in [1.165, 1.54) is 31.2 Å². The fourth-order valence-corrected chi connectivity index (χ4v) is 4.81. The molecule has 0 bridgehead atoms. The first-order valence-corrected chi connectivity index (χ1v) is 10.0. The van der Waals surface area contributed by atoms with E-state index in [9.17, 15) is 4.79 Å². The van der Waals surface area contributed by atoms with E-state index < -0.39 is 0 Å². The topological polar surface area (TPSA) is 64.1 Å². The molecule has 2 atom stereocenters. The van der Waals surface area contributed by atoms with E-state index in [1.54, 1.807) is 0 Å². The first-order chi connectivity index (χ1) is 13.1. The minimum Gasteiger partial charge on any atom is -0.483 e. The van der Waals surface area contributed by atoms with Gasteiger partial charge in [-0.05, 0) is 51.3 Å². The molecule has 4 rings (SSSR count). The van der Waals surface area contributed by atoms with Crippen LogP contribution < -0.4 is 0 Å². The zero-order chi connectivity index (χ0) is 19.2. The second-order valence-electron chi connectivity index (χ2n) is 7.80. The molecular formula is C21H31N3O3. The molecule has 27 heavy (non-hydrogen) atoms. The Balaban J connectivity index is 0.000000659. The van der Waals surface area contributed by atoms with Crippen molar-refractivity contribution in [2.75, 3.05) is 26.2 Å². The zero-order valence-electron chi connectivity index (χ0n) is 16.2. The Kier molecular flexibility index (Phi) is 6.85. The molecule has 6 heteroatoms. The molecule has 3 aliphatic heterocycles. The van der Waals surface area contributed by atoms with Gasteiger partial charge in [0.1, 0.15) is 0 Å². The molecule has 3 aliphatic rings. The molecule has 148 valence electrons. The van der Waals surface area contributed by atoms with Crippen LogP contribution in [0.5, 0.6) is 0 Å². The van der Waals surface area contributed by atoms with Crippen molar-refractivity contribution < 1.29 is 14.7 Å². The third kappa shape index (κ3) is 4.68. The van der Waals surface area contributed by atoms with Gasteiger partial charge in [0.15, 0.2) is 0 Å². The Morgan fingerprint density at radius 2 is 1.74 bits per heavy atom. The third-order valence-electron chi connectivity index (χ3n) is 6.21. The second-order valence-corrected chi connectivity index (χ2v) is 7.80. The van der Waals surface area contributed by atoms with Crippen LogP contribution in [-0.2, 0) is 16.1 Å². The number of likely N-dealkylation sites (tertiary alicyclic amines) is 1. The highest BCUT2D eigenvalue weighted by molar-refractivity contribution is 5.83. The molecule has 3 fully saturated rings. The SMILES string of the molecule is C[C@@H]1C(=O)N2CCC[C@H]2CN1C1CCN(Cc2ccccc2)CC1.O=CO. The largest absolute Gasteiger partial charge is 0.483 e. The predicted molar refractivity (Wildman–Crippen MR) is 104 cm³/mol. The lowest BCUT2D eigenvalue weighted by Gasteiger charge is -2.47. The van der Waals surface area contributed by atoms with Crippen molar-refractivity contribution in [3.63, 3.8) is 0 Å². The molecule has 3 heterocycles. The molecule has 3 saturated heterocycles. The summed E-state index contributed by atoms with van der Waals surface area (Å²) in [5.74, 6) is 0.371.